The molecule has 0 aliphatic carbocycles. The van der Waals surface area contributed by atoms with Crippen molar-refractivity contribution in [2.75, 3.05) is 6.86 Å². The molecule has 1 unspecified atom stereocenters. The smallest absolute Gasteiger partial charge is 0.831 e. The first-order valence-corrected chi connectivity index (χ1v) is 2.52. The first-order valence-electron chi connectivity index (χ1n) is 2.52. The first-order chi connectivity index (χ1) is 3.68. The molecule has 0 saturated carbocycles. The molecule has 1 atom stereocenters. The zero-order valence-electron chi connectivity index (χ0n) is 6.06. The molecule has 9 heavy (non-hydrogen) atoms. The van der Waals surface area contributed by atoms with Gasteiger partial charge < -0.3 is 9.84 Å². The van der Waals surface area contributed by atoms with Gasteiger partial charge in [0, 0.05) is 0 Å². The van der Waals surface area contributed by atoms with Crippen molar-refractivity contribution in [1.82, 2.24) is 0 Å². The van der Waals surface area contributed by atoms with E-state index in [1.54, 1.807) is 13.8 Å². The van der Waals surface area contributed by atoms with Gasteiger partial charge in [-0.15, -0.1) is 0 Å². The summed E-state index contributed by atoms with van der Waals surface area (Å²) in [5.41, 5.74) is 0. The van der Waals surface area contributed by atoms with Gasteiger partial charge in [0.05, 0.1) is 0 Å². The van der Waals surface area contributed by atoms with Crippen LogP contribution in [0.4, 0.5) is 4.39 Å². The minimum Gasteiger partial charge on any atom is -0.831 e. The number of halogens is 1. The summed E-state index contributed by atoms with van der Waals surface area (Å²) in [6, 6.07) is 0. The molecular formula is C5H10FNaO2. The third kappa shape index (κ3) is 6.74. The van der Waals surface area contributed by atoms with Crippen molar-refractivity contribution < 1.29 is 43.8 Å². The standard InChI is InChI=1S/C5H10FO2.Na/c1-4(2)5(7)8-3-6;/h4-5H,3H2,1-2H3;/q-1;+1. The minimum atomic E-state index is -1.21. The van der Waals surface area contributed by atoms with Crippen LogP contribution >= 0.6 is 0 Å². The normalized spacial score (nSPS) is 13.0. The Balaban J connectivity index is 0. The molecule has 0 saturated heterocycles. The van der Waals surface area contributed by atoms with Crippen LogP contribution in [-0.4, -0.2) is 13.2 Å². The van der Waals surface area contributed by atoms with E-state index in [2.05, 4.69) is 4.74 Å². The first kappa shape index (κ1) is 12.5. The summed E-state index contributed by atoms with van der Waals surface area (Å²) in [4.78, 5) is 0. The summed E-state index contributed by atoms with van der Waals surface area (Å²) >= 11 is 0. The second-order valence-electron chi connectivity index (χ2n) is 1.89. The molecule has 0 amide bonds. The van der Waals surface area contributed by atoms with Crippen molar-refractivity contribution in [3.05, 3.63) is 0 Å². The average molecular weight is 144 g/mol. The van der Waals surface area contributed by atoms with Gasteiger partial charge in [-0.25, -0.2) is 4.39 Å². The summed E-state index contributed by atoms with van der Waals surface area (Å²) in [6.45, 7) is 2.40. The van der Waals surface area contributed by atoms with Crippen molar-refractivity contribution in [3.8, 4) is 0 Å². The molecule has 0 bridgehead atoms. The fraction of sp³-hybridized carbons (Fsp3) is 1.00. The summed E-state index contributed by atoms with van der Waals surface area (Å²) in [7, 11) is 0. The molecule has 0 spiro atoms. The molecule has 0 N–H and O–H groups in total. The number of ether oxygens (including phenoxy) is 1. The number of hydrogen-bond donors (Lipinski definition) is 0. The predicted octanol–water partition coefficient (Wildman–Crippen LogP) is -2.72. The van der Waals surface area contributed by atoms with Crippen LogP contribution in [0.15, 0.2) is 0 Å². The van der Waals surface area contributed by atoms with Crippen LogP contribution in [0.3, 0.4) is 0 Å². The van der Waals surface area contributed by atoms with Gasteiger partial charge in [-0.2, -0.15) is 0 Å². The molecule has 0 aliphatic rings. The summed E-state index contributed by atoms with van der Waals surface area (Å²) in [6.07, 6.45) is -1.21. The van der Waals surface area contributed by atoms with Crippen LogP contribution < -0.4 is 34.7 Å². The van der Waals surface area contributed by atoms with Crippen molar-refractivity contribution in [1.29, 1.82) is 0 Å². The van der Waals surface area contributed by atoms with Gasteiger partial charge in [-0.3, -0.25) is 0 Å². The maximum Gasteiger partial charge on any atom is 1.00 e. The molecule has 0 radical (unpaired) electrons. The molecule has 0 rings (SSSR count). The Bertz CT molecular complexity index is 60.9. The van der Waals surface area contributed by atoms with Gasteiger partial charge in [-0.05, 0) is 12.2 Å². The summed E-state index contributed by atoms with van der Waals surface area (Å²) in [5.74, 6) is -0.147. The minimum absolute atomic E-state index is 0. The molecule has 0 fully saturated rings. The van der Waals surface area contributed by atoms with Crippen LogP contribution in [-0.2, 0) is 4.74 Å². The Labute approximate surface area is 76.7 Å². The fourth-order valence-electron chi connectivity index (χ4n) is 0.255. The molecular weight excluding hydrogens is 134 g/mol. The third-order valence-electron chi connectivity index (χ3n) is 0.772. The molecule has 0 aromatic rings. The molecule has 2 nitrogen and oxygen atoms in total. The van der Waals surface area contributed by atoms with Crippen molar-refractivity contribution in [2.24, 2.45) is 5.92 Å². The molecule has 0 aliphatic heterocycles. The van der Waals surface area contributed by atoms with Crippen LogP contribution in [0.1, 0.15) is 13.8 Å². The van der Waals surface area contributed by atoms with Gasteiger partial charge in [0.2, 0.25) is 0 Å². The largest absolute Gasteiger partial charge is 1.00 e. The molecule has 50 valence electrons. The second-order valence-corrected chi connectivity index (χ2v) is 1.89. The van der Waals surface area contributed by atoms with Crippen LogP contribution in [0.2, 0.25) is 0 Å². The van der Waals surface area contributed by atoms with Crippen LogP contribution in [0.5, 0.6) is 0 Å². The Hall–Kier alpha value is 0.850. The van der Waals surface area contributed by atoms with E-state index in [1.165, 1.54) is 0 Å². The Morgan fingerprint density at radius 1 is 1.56 bits per heavy atom. The SMILES string of the molecule is CC(C)C([O-])OCF.[Na+]. The number of hydrogen-bond acceptors (Lipinski definition) is 2. The third-order valence-corrected chi connectivity index (χ3v) is 0.772. The molecule has 0 aromatic heterocycles. The average Bonchev–Trinajstić information content (AvgIpc) is 1.67. The summed E-state index contributed by atoms with van der Waals surface area (Å²) in [5, 5.41) is 10.4. The van der Waals surface area contributed by atoms with E-state index < -0.39 is 13.2 Å². The van der Waals surface area contributed by atoms with Crippen molar-refractivity contribution in [3.63, 3.8) is 0 Å². The van der Waals surface area contributed by atoms with Crippen LogP contribution in [0.25, 0.3) is 0 Å². The maximum atomic E-state index is 11.2. The second kappa shape index (κ2) is 6.96. The Morgan fingerprint density at radius 2 is 2.00 bits per heavy atom. The van der Waals surface area contributed by atoms with E-state index in [4.69, 9.17) is 0 Å². The molecule has 0 heterocycles. The maximum absolute atomic E-state index is 11.2. The Morgan fingerprint density at radius 3 is 2.11 bits per heavy atom. The Kier molecular flexibility index (Phi) is 9.69. The van der Waals surface area contributed by atoms with E-state index in [1.807, 2.05) is 0 Å². The van der Waals surface area contributed by atoms with Gasteiger partial charge in [0.15, 0.2) is 6.86 Å². The summed E-state index contributed by atoms with van der Waals surface area (Å²) < 4.78 is 15.3. The van der Waals surface area contributed by atoms with E-state index in [0.717, 1.165) is 0 Å². The fourth-order valence-corrected chi connectivity index (χ4v) is 0.255. The quantitative estimate of drug-likeness (QED) is 0.318. The monoisotopic (exact) mass is 144 g/mol. The van der Waals surface area contributed by atoms with E-state index in [0.29, 0.717) is 0 Å². The topological polar surface area (TPSA) is 32.3 Å². The van der Waals surface area contributed by atoms with E-state index in [9.17, 15) is 9.50 Å². The molecule has 0 aromatic carbocycles. The van der Waals surface area contributed by atoms with E-state index in [-0.39, 0.29) is 35.5 Å². The predicted molar refractivity (Wildman–Crippen MR) is 25.7 cm³/mol. The number of alkyl halides is 1. The van der Waals surface area contributed by atoms with E-state index >= 15 is 0 Å². The van der Waals surface area contributed by atoms with Crippen LogP contribution in [0, 0.1) is 5.92 Å². The number of rotatable bonds is 3. The zero-order valence-corrected chi connectivity index (χ0v) is 8.06. The van der Waals surface area contributed by atoms with Gasteiger partial charge in [0.1, 0.15) is 0 Å². The van der Waals surface area contributed by atoms with Crippen molar-refractivity contribution >= 4 is 0 Å². The van der Waals surface area contributed by atoms with Gasteiger partial charge >= 0.3 is 29.6 Å². The molecule has 4 heteroatoms. The van der Waals surface area contributed by atoms with Gasteiger partial charge in [-0.1, -0.05) is 13.8 Å². The van der Waals surface area contributed by atoms with Crippen molar-refractivity contribution in [2.45, 2.75) is 20.1 Å². The van der Waals surface area contributed by atoms with Gasteiger partial charge in [0.25, 0.3) is 0 Å². The zero-order chi connectivity index (χ0) is 6.57.